The second-order valence-corrected chi connectivity index (χ2v) is 6.17. The molecule has 0 saturated carbocycles. The molecule has 1 aromatic carbocycles. The maximum Gasteiger partial charge on any atom is 0.280 e. The fourth-order valence-corrected chi connectivity index (χ4v) is 2.61. The van der Waals surface area contributed by atoms with Crippen molar-refractivity contribution in [3.05, 3.63) is 47.8 Å². The van der Waals surface area contributed by atoms with Crippen LogP contribution in [-0.2, 0) is 0 Å². The summed E-state index contributed by atoms with van der Waals surface area (Å²) < 4.78 is 33.3. The molecule has 8 heteroatoms. The third kappa shape index (κ3) is 3.74. The average molecular weight is 374 g/mol. The van der Waals surface area contributed by atoms with Gasteiger partial charge in [0, 0.05) is 11.6 Å². The van der Waals surface area contributed by atoms with Crippen molar-refractivity contribution >= 4 is 11.6 Å². The summed E-state index contributed by atoms with van der Waals surface area (Å²) in [5.74, 6) is 0.255. The van der Waals surface area contributed by atoms with Crippen LogP contribution < -0.4 is 10.1 Å². The first-order valence-corrected chi connectivity index (χ1v) is 8.56. The van der Waals surface area contributed by atoms with Crippen LogP contribution in [0.15, 0.2) is 36.5 Å². The van der Waals surface area contributed by atoms with E-state index in [1.165, 1.54) is 12.3 Å². The van der Waals surface area contributed by atoms with Gasteiger partial charge in [-0.3, -0.25) is 4.79 Å². The zero-order valence-electron chi connectivity index (χ0n) is 15.2. The number of fused-ring (bicyclic) bond motifs is 1. The minimum absolute atomic E-state index is 0.0493. The van der Waals surface area contributed by atoms with Crippen molar-refractivity contribution in [3.63, 3.8) is 0 Å². The lowest BCUT2D eigenvalue weighted by Crippen LogP contribution is -2.31. The molecule has 0 aliphatic carbocycles. The Labute approximate surface area is 155 Å². The number of amides is 1. The molecule has 0 bridgehead atoms. The highest BCUT2D eigenvalue weighted by Gasteiger charge is 2.22. The molecule has 1 atom stereocenters. The lowest BCUT2D eigenvalue weighted by molar-refractivity contribution is 0.0940. The summed E-state index contributed by atoms with van der Waals surface area (Å²) in [5, 5.41) is 6.76. The predicted octanol–water partition coefficient (Wildman–Crippen LogP) is 3.87. The molecular weight excluding hydrogens is 354 g/mol. The van der Waals surface area contributed by atoms with Crippen LogP contribution in [0, 0.1) is 0 Å². The van der Waals surface area contributed by atoms with Gasteiger partial charge >= 0.3 is 0 Å². The van der Waals surface area contributed by atoms with Gasteiger partial charge in [0.2, 0.25) is 0 Å². The van der Waals surface area contributed by atoms with Gasteiger partial charge in [-0.25, -0.2) is 18.3 Å². The van der Waals surface area contributed by atoms with Crippen molar-refractivity contribution < 1.29 is 18.3 Å². The van der Waals surface area contributed by atoms with Crippen LogP contribution in [0.5, 0.6) is 5.75 Å². The van der Waals surface area contributed by atoms with Gasteiger partial charge in [-0.15, -0.1) is 0 Å². The molecule has 0 fully saturated rings. The van der Waals surface area contributed by atoms with E-state index in [1.54, 1.807) is 31.4 Å². The van der Waals surface area contributed by atoms with Crippen LogP contribution in [0.2, 0.25) is 0 Å². The summed E-state index contributed by atoms with van der Waals surface area (Å²) in [5.41, 5.74) is 0.897. The lowest BCUT2D eigenvalue weighted by Gasteiger charge is -2.11. The van der Waals surface area contributed by atoms with Gasteiger partial charge in [0.05, 0.1) is 19.0 Å². The van der Waals surface area contributed by atoms with E-state index in [-0.39, 0.29) is 28.9 Å². The van der Waals surface area contributed by atoms with Crippen LogP contribution in [0.4, 0.5) is 8.78 Å². The molecule has 0 spiro atoms. The Hall–Kier alpha value is -3.03. The maximum absolute atomic E-state index is 13.6. The van der Waals surface area contributed by atoms with Gasteiger partial charge in [0.25, 0.3) is 12.3 Å². The molecule has 2 heterocycles. The minimum atomic E-state index is -2.77. The Morgan fingerprint density at radius 2 is 2.00 bits per heavy atom. The van der Waals surface area contributed by atoms with Crippen LogP contribution in [0.3, 0.4) is 0 Å². The van der Waals surface area contributed by atoms with E-state index in [2.05, 4.69) is 15.4 Å². The summed E-state index contributed by atoms with van der Waals surface area (Å²) >= 11 is 0. The minimum Gasteiger partial charge on any atom is -0.497 e. The van der Waals surface area contributed by atoms with Crippen LogP contribution in [0.1, 0.15) is 42.7 Å². The molecule has 0 aliphatic rings. The first-order valence-electron chi connectivity index (χ1n) is 8.56. The summed E-state index contributed by atoms with van der Waals surface area (Å²) in [4.78, 5) is 16.9. The fourth-order valence-electron chi connectivity index (χ4n) is 2.61. The van der Waals surface area contributed by atoms with Gasteiger partial charge in [-0.2, -0.15) is 5.10 Å². The number of rotatable bonds is 6. The molecule has 3 rings (SSSR count). The fraction of sp³-hybridized carbons (Fsp3) is 0.316. The Morgan fingerprint density at radius 1 is 1.30 bits per heavy atom. The molecule has 0 unspecified atom stereocenters. The van der Waals surface area contributed by atoms with Gasteiger partial charge < -0.3 is 10.1 Å². The number of benzene rings is 1. The van der Waals surface area contributed by atoms with E-state index in [0.29, 0.717) is 17.0 Å². The summed E-state index contributed by atoms with van der Waals surface area (Å²) in [6.45, 7) is 3.81. The molecule has 3 aromatic rings. The highest BCUT2D eigenvalue weighted by molar-refractivity contribution is 6.00. The molecule has 1 amide bonds. The van der Waals surface area contributed by atoms with Crippen molar-refractivity contribution in [2.24, 2.45) is 0 Å². The number of nitrogens with one attached hydrogen (secondary N) is 1. The summed E-state index contributed by atoms with van der Waals surface area (Å²) in [7, 11) is 1.54. The second kappa shape index (κ2) is 7.69. The number of carbonyl (C=O) groups excluding carboxylic acids is 1. The number of hydrogen-bond donors (Lipinski definition) is 1. The summed E-state index contributed by atoms with van der Waals surface area (Å²) in [6.07, 6.45) is -0.750. The zero-order valence-corrected chi connectivity index (χ0v) is 15.2. The molecule has 0 saturated heterocycles. The number of alkyl halides is 2. The molecular formula is C19H20F2N4O2. The number of hydrogen-bond acceptors (Lipinski definition) is 4. The highest BCUT2D eigenvalue weighted by atomic mass is 19.3. The average Bonchev–Trinajstić information content (AvgIpc) is 3.11. The van der Waals surface area contributed by atoms with Crippen LogP contribution in [-0.4, -0.2) is 33.7 Å². The number of halogens is 2. The monoisotopic (exact) mass is 374 g/mol. The van der Waals surface area contributed by atoms with Crippen molar-refractivity contribution in [1.29, 1.82) is 0 Å². The van der Waals surface area contributed by atoms with E-state index >= 15 is 0 Å². The smallest absolute Gasteiger partial charge is 0.280 e. The Kier molecular flexibility index (Phi) is 5.34. The predicted molar refractivity (Wildman–Crippen MR) is 97.2 cm³/mol. The van der Waals surface area contributed by atoms with E-state index < -0.39 is 6.43 Å². The Morgan fingerprint density at radius 3 is 2.59 bits per heavy atom. The van der Waals surface area contributed by atoms with Crippen molar-refractivity contribution in [2.45, 2.75) is 32.7 Å². The van der Waals surface area contributed by atoms with Gasteiger partial charge in [-0.05, 0) is 43.7 Å². The standard InChI is InChI=1S/C19H20F2N4O2/c1-4-11(2)23-19(26)14-10-22-25-16(17(20)21)9-15(24-18(14)25)12-5-7-13(27-3)8-6-12/h5-11,17H,4H2,1-3H3,(H,23,26)/t11-/m0/s1. The molecule has 142 valence electrons. The number of nitrogens with zero attached hydrogens (tertiary/aromatic N) is 3. The number of carbonyl (C=O) groups is 1. The normalized spacial score (nSPS) is 12.4. The molecule has 6 nitrogen and oxygen atoms in total. The largest absolute Gasteiger partial charge is 0.497 e. The van der Waals surface area contributed by atoms with Crippen LogP contribution >= 0.6 is 0 Å². The number of aromatic nitrogens is 3. The SMILES string of the molecule is CC[C@H](C)NC(=O)c1cnn2c(C(F)F)cc(-c3ccc(OC)cc3)nc12. The molecule has 27 heavy (non-hydrogen) atoms. The molecule has 2 aromatic heterocycles. The Balaban J connectivity index is 2.12. The van der Waals surface area contributed by atoms with Crippen molar-refractivity contribution in [3.8, 4) is 17.0 Å². The lowest BCUT2D eigenvalue weighted by atomic mass is 10.1. The van der Waals surface area contributed by atoms with E-state index in [9.17, 15) is 13.6 Å². The third-order valence-electron chi connectivity index (χ3n) is 4.34. The van der Waals surface area contributed by atoms with E-state index in [0.717, 1.165) is 10.9 Å². The second-order valence-electron chi connectivity index (χ2n) is 6.17. The number of ether oxygens (including phenoxy) is 1. The molecule has 1 N–H and O–H groups in total. The molecule has 0 radical (unpaired) electrons. The first-order chi connectivity index (χ1) is 12.9. The quantitative estimate of drug-likeness (QED) is 0.711. The van der Waals surface area contributed by atoms with Gasteiger partial charge in [0.15, 0.2) is 5.65 Å². The highest BCUT2D eigenvalue weighted by Crippen LogP contribution is 2.27. The van der Waals surface area contributed by atoms with Gasteiger partial charge in [0.1, 0.15) is 17.0 Å². The van der Waals surface area contributed by atoms with E-state index in [1.807, 2.05) is 13.8 Å². The number of methoxy groups -OCH3 is 1. The molecule has 0 aliphatic heterocycles. The zero-order chi connectivity index (χ0) is 19.6. The van der Waals surface area contributed by atoms with Gasteiger partial charge in [-0.1, -0.05) is 6.92 Å². The third-order valence-corrected chi connectivity index (χ3v) is 4.34. The van der Waals surface area contributed by atoms with E-state index in [4.69, 9.17) is 4.74 Å². The van der Waals surface area contributed by atoms with Crippen molar-refractivity contribution in [1.82, 2.24) is 19.9 Å². The van der Waals surface area contributed by atoms with Crippen molar-refractivity contribution in [2.75, 3.05) is 7.11 Å². The topological polar surface area (TPSA) is 68.5 Å². The Bertz CT molecular complexity index is 954. The summed E-state index contributed by atoms with van der Waals surface area (Å²) in [6, 6.07) is 8.12. The first kappa shape index (κ1) is 18.8. The van der Waals surface area contributed by atoms with Crippen LogP contribution in [0.25, 0.3) is 16.9 Å². The maximum atomic E-state index is 13.6.